The SMILES string of the molecule is O=C(CN1C(=O)S/C(=C\c2c(Cl)ccc([N+](=O)[O-])c2Cl)C1=O)N1CCCC1. The number of hydrogen-bond acceptors (Lipinski definition) is 6. The molecule has 8 nitrogen and oxygen atoms in total. The van der Waals surface area contributed by atoms with E-state index in [1.807, 2.05) is 0 Å². The van der Waals surface area contributed by atoms with Crippen molar-refractivity contribution < 1.29 is 19.3 Å². The van der Waals surface area contributed by atoms with Gasteiger partial charge >= 0.3 is 0 Å². The largest absolute Gasteiger partial charge is 0.341 e. The first-order chi connectivity index (χ1) is 12.8. The van der Waals surface area contributed by atoms with Crippen LogP contribution in [-0.4, -0.2) is 51.4 Å². The quantitative estimate of drug-likeness (QED) is 0.411. The highest BCUT2D eigenvalue weighted by Crippen LogP contribution is 2.38. The lowest BCUT2D eigenvalue weighted by Crippen LogP contribution is -2.40. The Hall–Kier alpha value is -2.10. The second-order valence-electron chi connectivity index (χ2n) is 5.91. The fourth-order valence-electron chi connectivity index (χ4n) is 2.80. The number of nitro benzene ring substituents is 1. The van der Waals surface area contributed by atoms with Gasteiger partial charge < -0.3 is 4.90 Å². The molecule has 0 unspecified atom stereocenters. The Bertz CT molecular complexity index is 883. The number of benzene rings is 1. The summed E-state index contributed by atoms with van der Waals surface area (Å²) in [6.45, 7) is 0.895. The van der Waals surface area contributed by atoms with Gasteiger partial charge in [-0.2, -0.15) is 0 Å². The second kappa shape index (κ2) is 7.87. The van der Waals surface area contributed by atoms with Gasteiger partial charge in [0.05, 0.1) is 9.83 Å². The Morgan fingerprint density at radius 1 is 1.26 bits per heavy atom. The third kappa shape index (κ3) is 3.95. The van der Waals surface area contributed by atoms with Crippen molar-refractivity contribution in [1.29, 1.82) is 0 Å². The van der Waals surface area contributed by atoms with Crippen LogP contribution in [0.4, 0.5) is 10.5 Å². The van der Waals surface area contributed by atoms with E-state index >= 15 is 0 Å². The Balaban J connectivity index is 1.85. The number of imide groups is 1. The molecule has 2 aliphatic rings. The first-order valence-electron chi connectivity index (χ1n) is 7.95. The molecule has 142 valence electrons. The maximum Gasteiger partial charge on any atom is 0.294 e. The van der Waals surface area contributed by atoms with Gasteiger partial charge in [0.25, 0.3) is 16.8 Å². The van der Waals surface area contributed by atoms with Crippen LogP contribution in [0.3, 0.4) is 0 Å². The van der Waals surface area contributed by atoms with Crippen LogP contribution in [0.2, 0.25) is 10.0 Å². The molecule has 0 N–H and O–H groups in total. The minimum Gasteiger partial charge on any atom is -0.341 e. The topological polar surface area (TPSA) is 101 Å². The fourth-order valence-corrected chi connectivity index (χ4v) is 4.17. The molecule has 2 aliphatic heterocycles. The first kappa shape index (κ1) is 19.7. The van der Waals surface area contributed by atoms with Gasteiger partial charge in [0.1, 0.15) is 11.6 Å². The third-order valence-electron chi connectivity index (χ3n) is 4.20. The highest BCUT2D eigenvalue weighted by atomic mass is 35.5. The van der Waals surface area contributed by atoms with Crippen molar-refractivity contribution in [3.63, 3.8) is 0 Å². The molecule has 11 heteroatoms. The number of thioether (sulfide) groups is 1. The average Bonchev–Trinajstić information content (AvgIpc) is 3.23. The lowest BCUT2D eigenvalue weighted by molar-refractivity contribution is -0.384. The van der Waals surface area contributed by atoms with Crippen LogP contribution in [0.15, 0.2) is 17.0 Å². The average molecular weight is 430 g/mol. The predicted molar refractivity (Wildman–Crippen MR) is 102 cm³/mol. The summed E-state index contributed by atoms with van der Waals surface area (Å²) in [6.07, 6.45) is 3.04. The molecular formula is C16H13Cl2N3O5S. The summed E-state index contributed by atoms with van der Waals surface area (Å²) >= 11 is 12.7. The molecule has 2 saturated heterocycles. The van der Waals surface area contributed by atoms with Crippen molar-refractivity contribution in [3.05, 3.63) is 42.8 Å². The van der Waals surface area contributed by atoms with Gasteiger partial charge in [0.2, 0.25) is 5.91 Å². The zero-order valence-electron chi connectivity index (χ0n) is 13.8. The first-order valence-corrected chi connectivity index (χ1v) is 9.52. The molecule has 0 aliphatic carbocycles. The van der Waals surface area contributed by atoms with Gasteiger partial charge in [0.15, 0.2) is 0 Å². The summed E-state index contributed by atoms with van der Waals surface area (Å²) in [5, 5.41) is 10.3. The predicted octanol–water partition coefficient (Wildman–Crippen LogP) is 3.56. The van der Waals surface area contributed by atoms with Gasteiger partial charge in [0, 0.05) is 29.7 Å². The van der Waals surface area contributed by atoms with Crippen molar-refractivity contribution in [2.24, 2.45) is 0 Å². The molecule has 0 saturated carbocycles. The van der Waals surface area contributed by atoms with Crippen molar-refractivity contribution in [1.82, 2.24) is 9.80 Å². The van der Waals surface area contributed by atoms with Crippen LogP contribution in [0.5, 0.6) is 0 Å². The van der Waals surface area contributed by atoms with Gasteiger partial charge in [-0.05, 0) is 36.7 Å². The molecule has 0 aromatic heterocycles. The maximum absolute atomic E-state index is 12.5. The van der Waals surface area contributed by atoms with E-state index in [0.717, 1.165) is 23.8 Å². The molecule has 0 atom stereocenters. The molecule has 1 aromatic rings. The van der Waals surface area contributed by atoms with E-state index in [2.05, 4.69) is 0 Å². The summed E-state index contributed by atoms with van der Waals surface area (Å²) in [7, 11) is 0. The van der Waals surface area contributed by atoms with E-state index in [-0.39, 0.29) is 38.7 Å². The Kier molecular flexibility index (Phi) is 5.73. The van der Waals surface area contributed by atoms with Crippen LogP contribution < -0.4 is 0 Å². The number of rotatable bonds is 4. The van der Waals surface area contributed by atoms with Crippen LogP contribution in [0.1, 0.15) is 18.4 Å². The summed E-state index contributed by atoms with van der Waals surface area (Å²) < 4.78 is 0. The van der Waals surface area contributed by atoms with E-state index < -0.39 is 16.1 Å². The molecule has 2 fully saturated rings. The molecule has 3 rings (SSSR count). The molecule has 1 aromatic carbocycles. The zero-order chi connectivity index (χ0) is 19.7. The lowest BCUT2D eigenvalue weighted by Gasteiger charge is -2.18. The maximum atomic E-state index is 12.5. The summed E-state index contributed by atoms with van der Waals surface area (Å²) in [4.78, 5) is 49.7. The number of nitrogens with zero attached hydrogens (tertiary/aromatic N) is 3. The van der Waals surface area contributed by atoms with Gasteiger partial charge in [-0.25, -0.2) is 0 Å². The van der Waals surface area contributed by atoms with Gasteiger partial charge in [-0.3, -0.25) is 29.4 Å². The second-order valence-corrected chi connectivity index (χ2v) is 7.69. The Morgan fingerprint density at radius 2 is 1.93 bits per heavy atom. The highest BCUT2D eigenvalue weighted by Gasteiger charge is 2.37. The normalized spacial score (nSPS) is 18.7. The molecule has 27 heavy (non-hydrogen) atoms. The minimum absolute atomic E-state index is 0.00137. The van der Waals surface area contributed by atoms with Gasteiger partial charge in [-0.15, -0.1) is 0 Å². The van der Waals surface area contributed by atoms with E-state index in [9.17, 15) is 24.5 Å². The Labute approximate surface area is 168 Å². The number of carbonyl (C=O) groups excluding carboxylic acids is 3. The number of nitro groups is 1. The van der Waals surface area contributed by atoms with Crippen molar-refractivity contribution >= 4 is 63.8 Å². The Morgan fingerprint density at radius 3 is 2.56 bits per heavy atom. The molecule has 3 amide bonds. The lowest BCUT2D eigenvalue weighted by atomic mass is 10.1. The van der Waals surface area contributed by atoms with Crippen LogP contribution in [0, 0.1) is 10.1 Å². The van der Waals surface area contributed by atoms with Crippen LogP contribution >= 0.6 is 35.0 Å². The molecule has 2 heterocycles. The van der Waals surface area contributed by atoms with E-state index in [4.69, 9.17) is 23.2 Å². The van der Waals surface area contributed by atoms with Crippen molar-refractivity contribution in [2.45, 2.75) is 12.8 Å². The van der Waals surface area contributed by atoms with E-state index in [1.54, 1.807) is 4.90 Å². The number of carbonyl (C=O) groups is 3. The third-order valence-corrected chi connectivity index (χ3v) is 5.84. The molecule has 0 radical (unpaired) electrons. The number of halogens is 2. The van der Waals surface area contributed by atoms with Crippen molar-refractivity contribution in [2.75, 3.05) is 19.6 Å². The summed E-state index contributed by atoms with van der Waals surface area (Å²) in [6, 6.07) is 2.45. The zero-order valence-corrected chi connectivity index (χ0v) is 16.1. The number of hydrogen-bond donors (Lipinski definition) is 0. The van der Waals surface area contributed by atoms with E-state index in [1.165, 1.54) is 12.1 Å². The van der Waals surface area contributed by atoms with Crippen LogP contribution in [-0.2, 0) is 9.59 Å². The number of amides is 3. The molecule has 0 bridgehead atoms. The van der Waals surface area contributed by atoms with Crippen LogP contribution in [0.25, 0.3) is 6.08 Å². The summed E-state index contributed by atoms with van der Waals surface area (Å²) in [5.74, 6) is -0.946. The smallest absolute Gasteiger partial charge is 0.294 e. The van der Waals surface area contributed by atoms with Crippen molar-refractivity contribution in [3.8, 4) is 0 Å². The molecular weight excluding hydrogens is 417 g/mol. The highest BCUT2D eigenvalue weighted by molar-refractivity contribution is 8.18. The number of likely N-dealkylation sites (tertiary alicyclic amines) is 1. The monoisotopic (exact) mass is 429 g/mol. The van der Waals surface area contributed by atoms with Gasteiger partial charge in [-0.1, -0.05) is 23.2 Å². The molecule has 0 spiro atoms. The standard InChI is InChI=1S/C16H13Cl2N3O5S/c17-10-3-4-11(21(25)26)14(18)9(10)7-12-15(23)20(16(24)27-12)8-13(22)19-5-1-2-6-19/h3-4,7H,1-2,5-6,8H2/b12-7-. The van der Waals surface area contributed by atoms with E-state index in [0.29, 0.717) is 24.9 Å². The minimum atomic E-state index is -0.670. The summed E-state index contributed by atoms with van der Waals surface area (Å²) in [5.41, 5.74) is -0.292. The fraction of sp³-hybridized carbons (Fsp3) is 0.312.